The van der Waals surface area contributed by atoms with Crippen LogP contribution in [0.4, 0.5) is 13.2 Å². The van der Waals surface area contributed by atoms with Gasteiger partial charge in [0, 0.05) is 18.6 Å². The fourth-order valence-corrected chi connectivity index (χ4v) is 2.50. The molecule has 0 atom stereocenters. The second kappa shape index (κ2) is 6.59. The predicted molar refractivity (Wildman–Crippen MR) is 63.0 cm³/mol. The van der Waals surface area contributed by atoms with Crippen LogP contribution in [0.2, 0.25) is 0 Å². The van der Waals surface area contributed by atoms with Crippen molar-refractivity contribution in [3.05, 3.63) is 0 Å². The summed E-state index contributed by atoms with van der Waals surface area (Å²) in [5.74, 6) is 0. The van der Waals surface area contributed by atoms with Gasteiger partial charge in [0.05, 0.1) is 6.42 Å². The number of halogens is 3. The summed E-state index contributed by atoms with van der Waals surface area (Å²) in [6.45, 7) is 3.18. The van der Waals surface area contributed by atoms with E-state index < -0.39 is 12.6 Å². The quantitative estimate of drug-likeness (QED) is 0.809. The van der Waals surface area contributed by atoms with Gasteiger partial charge >= 0.3 is 6.18 Å². The standard InChI is InChI=1S/C12H23F3N2/c1-3-16-10-4-6-11(7-5-10)17(2)9-8-12(13,14)15/h10-11,16H,3-9H2,1-2H3. The molecule has 1 rings (SSSR count). The lowest BCUT2D eigenvalue weighted by Crippen LogP contribution is -2.41. The van der Waals surface area contributed by atoms with E-state index in [1.165, 1.54) is 0 Å². The van der Waals surface area contributed by atoms with Crippen LogP contribution in [0.5, 0.6) is 0 Å². The third kappa shape index (κ3) is 5.73. The van der Waals surface area contributed by atoms with E-state index in [-0.39, 0.29) is 6.54 Å². The summed E-state index contributed by atoms with van der Waals surface area (Å²) in [6.07, 6.45) is -0.562. The Morgan fingerprint density at radius 2 is 1.76 bits per heavy atom. The van der Waals surface area contributed by atoms with Gasteiger partial charge in [-0.15, -0.1) is 0 Å². The molecule has 0 unspecified atom stereocenters. The molecule has 0 heterocycles. The van der Waals surface area contributed by atoms with E-state index in [1.807, 2.05) is 11.9 Å². The lowest BCUT2D eigenvalue weighted by atomic mass is 9.90. The van der Waals surface area contributed by atoms with Crippen molar-refractivity contribution in [3.63, 3.8) is 0 Å². The third-order valence-electron chi connectivity index (χ3n) is 3.56. The first kappa shape index (κ1) is 14.8. The maximum absolute atomic E-state index is 12.1. The average Bonchev–Trinajstić information content (AvgIpc) is 2.26. The zero-order valence-corrected chi connectivity index (χ0v) is 10.7. The van der Waals surface area contributed by atoms with Crippen LogP contribution in [0.15, 0.2) is 0 Å². The molecule has 0 aromatic carbocycles. The Morgan fingerprint density at radius 1 is 1.18 bits per heavy atom. The minimum atomic E-state index is -4.03. The Labute approximate surface area is 102 Å². The molecule has 2 nitrogen and oxygen atoms in total. The number of nitrogens with zero attached hydrogens (tertiary/aromatic N) is 1. The number of rotatable bonds is 5. The van der Waals surface area contributed by atoms with Crippen molar-refractivity contribution in [3.8, 4) is 0 Å². The maximum Gasteiger partial charge on any atom is 0.390 e. The number of nitrogens with one attached hydrogen (secondary N) is 1. The Morgan fingerprint density at radius 3 is 2.24 bits per heavy atom. The van der Waals surface area contributed by atoms with Crippen LogP contribution in [0, 0.1) is 0 Å². The molecule has 0 saturated heterocycles. The van der Waals surface area contributed by atoms with Crippen LogP contribution in [0.1, 0.15) is 39.0 Å². The van der Waals surface area contributed by atoms with Crippen molar-refractivity contribution in [1.82, 2.24) is 10.2 Å². The predicted octanol–water partition coefficient (Wildman–Crippen LogP) is 2.79. The second-order valence-electron chi connectivity index (χ2n) is 4.91. The van der Waals surface area contributed by atoms with Gasteiger partial charge in [0.2, 0.25) is 0 Å². The minimum Gasteiger partial charge on any atom is -0.314 e. The zero-order valence-electron chi connectivity index (χ0n) is 10.7. The molecule has 1 aliphatic rings. The van der Waals surface area contributed by atoms with Gasteiger partial charge in [0.15, 0.2) is 0 Å². The topological polar surface area (TPSA) is 15.3 Å². The van der Waals surface area contributed by atoms with E-state index in [0.29, 0.717) is 12.1 Å². The maximum atomic E-state index is 12.1. The largest absolute Gasteiger partial charge is 0.390 e. The summed E-state index contributed by atoms with van der Waals surface area (Å²) < 4.78 is 36.3. The van der Waals surface area contributed by atoms with Gasteiger partial charge in [0.25, 0.3) is 0 Å². The van der Waals surface area contributed by atoms with Gasteiger partial charge in [-0.1, -0.05) is 6.92 Å². The second-order valence-corrected chi connectivity index (χ2v) is 4.91. The summed E-state index contributed by atoms with van der Waals surface area (Å²) in [4.78, 5) is 1.87. The molecular weight excluding hydrogens is 229 g/mol. The van der Waals surface area contributed by atoms with Crippen molar-refractivity contribution in [2.45, 2.75) is 57.3 Å². The molecule has 0 aliphatic heterocycles. The Kier molecular flexibility index (Phi) is 5.73. The van der Waals surface area contributed by atoms with Crippen molar-refractivity contribution in [1.29, 1.82) is 0 Å². The normalized spacial score (nSPS) is 26.5. The van der Waals surface area contributed by atoms with E-state index in [1.54, 1.807) is 0 Å². The molecule has 1 N–H and O–H groups in total. The lowest BCUT2D eigenvalue weighted by molar-refractivity contribution is -0.138. The molecule has 0 spiro atoms. The monoisotopic (exact) mass is 252 g/mol. The summed E-state index contributed by atoms with van der Waals surface area (Å²) in [5.41, 5.74) is 0. The van der Waals surface area contributed by atoms with Crippen LogP contribution in [0.25, 0.3) is 0 Å². The van der Waals surface area contributed by atoms with E-state index >= 15 is 0 Å². The molecule has 5 heteroatoms. The van der Waals surface area contributed by atoms with Gasteiger partial charge < -0.3 is 10.2 Å². The van der Waals surface area contributed by atoms with Crippen molar-refractivity contribution in [2.24, 2.45) is 0 Å². The van der Waals surface area contributed by atoms with Gasteiger partial charge in [-0.05, 0) is 39.3 Å². The molecule has 1 aliphatic carbocycles. The molecule has 0 aromatic rings. The zero-order chi connectivity index (χ0) is 12.9. The number of hydrogen-bond donors (Lipinski definition) is 1. The summed E-state index contributed by atoms with van der Waals surface area (Å²) in [5, 5.41) is 3.40. The summed E-state index contributed by atoms with van der Waals surface area (Å²) in [6, 6.07) is 0.888. The third-order valence-corrected chi connectivity index (χ3v) is 3.56. The molecular formula is C12H23F3N2. The molecule has 0 aromatic heterocycles. The van der Waals surface area contributed by atoms with Crippen LogP contribution >= 0.6 is 0 Å². The van der Waals surface area contributed by atoms with Crippen LogP contribution in [-0.4, -0.2) is 43.3 Å². The first-order valence-electron chi connectivity index (χ1n) is 6.42. The average molecular weight is 252 g/mol. The first-order valence-corrected chi connectivity index (χ1v) is 6.42. The van der Waals surface area contributed by atoms with E-state index in [0.717, 1.165) is 32.2 Å². The molecule has 0 bridgehead atoms. The number of alkyl halides is 3. The highest BCUT2D eigenvalue weighted by Crippen LogP contribution is 2.25. The Bertz CT molecular complexity index is 210. The van der Waals surface area contributed by atoms with Crippen molar-refractivity contribution in [2.75, 3.05) is 20.1 Å². The van der Waals surface area contributed by atoms with Gasteiger partial charge in [-0.2, -0.15) is 13.2 Å². The van der Waals surface area contributed by atoms with E-state index in [4.69, 9.17) is 0 Å². The molecule has 0 amide bonds. The molecule has 0 radical (unpaired) electrons. The molecule has 17 heavy (non-hydrogen) atoms. The van der Waals surface area contributed by atoms with Crippen molar-refractivity contribution < 1.29 is 13.2 Å². The van der Waals surface area contributed by atoms with Crippen LogP contribution in [0.3, 0.4) is 0 Å². The summed E-state index contributed by atoms with van der Waals surface area (Å²) >= 11 is 0. The Balaban J connectivity index is 2.23. The fraction of sp³-hybridized carbons (Fsp3) is 1.00. The highest BCUT2D eigenvalue weighted by atomic mass is 19.4. The SMILES string of the molecule is CCNC1CCC(N(C)CCC(F)(F)F)CC1. The van der Waals surface area contributed by atoms with Crippen molar-refractivity contribution >= 4 is 0 Å². The fourth-order valence-electron chi connectivity index (χ4n) is 2.50. The molecule has 102 valence electrons. The first-order chi connectivity index (χ1) is 7.92. The van der Waals surface area contributed by atoms with Crippen LogP contribution < -0.4 is 5.32 Å². The van der Waals surface area contributed by atoms with E-state index in [9.17, 15) is 13.2 Å². The smallest absolute Gasteiger partial charge is 0.314 e. The highest BCUT2D eigenvalue weighted by molar-refractivity contribution is 4.81. The lowest BCUT2D eigenvalue weighted by Gasteiger charge is -2.35. The highest BCUT2D eigenvalue weighted by Gasteiger charge is 2.29. The van der Waals surface area contributed by atoms with Gasteiger partial charge in [-0.3, -0.25) is 0 Å². The van der Waals surface area contributed by atoms with Gasteiger partial charge in [-0.25, -0.2) is 0 Å². The minimum absolute atomic E-state index is 0.125. The molecule has 1 fully saturated rings. The molecule has 1 saturated carbocycles. The van der Waals surface area contributed by atoms with E-state index in [2.05, 4.69) is 12.2 Å². The van der Waals surface area contributed by atoms with Gasteiger partial charge in [0.1, 0.15) is 0 Å². The Hall–Kier alpha value is -0.290. The van der Waals surface area contributed by atoms with Crippen LogP contribution in [-0.2, 0) is 0 Å². The summed E-state index contributed by atoms with van der Waals surface area (Å²) in [7, 11) is 1.81. The number of hydrogen-bond acceptors (Lipinski definition) is 2.